The number of fused-ring (bicyclic) bond motifs is 3. The maximum Gasteiger partial charge on any atom is 0.466 e. The van der Waals surface area contributed by atoms with Gasteiger partial charge in [-0.15, -0.1) is 0 Å². The van der Waals surface area contributed by atoms with Crippen molar-refractivity contribution in [3.63, 3.8) is 0 Å². The Labute approximate surface area is 239 Å². The number of phosphoric acid groups is 1. The second-order valence-corrected chi connectivity index (χ2v) is 13.6. The number of amides is 1. The van der Waals surface area contributed by atoms with Gasteiger partial charge in [0.25, 0.3) is 5.91 Å². The van der Waals surface area contributed by atoms with Gasteiger partial charge >= 0.3 is 7.82 Å². The van der Waals surface area contributed by atoms with Gasteiger partial charge in [0, 0.05) is 34.3 Å². The third-order valence-electron chi connectivity index (χ3n) is 7.36. The zero-order valence-electron chi connectivity index (χ0n) is 23.4. The highest BCUT2D eigenvalue weighted by Crippen LogP contribution is 2.33. The van der Waals surface area contributed by atoms with E-state index in [1.165, 1.54) is 0 Å². The zero-order chi connectivity index (χ0) is 30.1. The van der Waals surface area contributed by atoms with Gasteiger partial charge in [-0.25, -0.2) is 18.0 Å². The molecule has 4 aromatic rings. The molecule has 0 atom stereocenters. The number of sulfone groups is 1. The maximum atomic E-state index is 14.2. The van der Waals surface area contributed by atoms with E-state index in [1.54, 1.807) is 25.1 Å². The number of benzene rings is 2. The first-order valence-corrected chi connectivity index (χ1v) is 16.4. The molecule has 1 aliphatic heterocycles. The van der Waals surface area contributed by atoms with Crippen LogP contribution >= 0.6 is 7.82 Å². The second-order valence-electron chi connectivity index (χ2n) is 10.3. The summed E-state index contributed by atoms with van der Waals surface area (Å²) in [5.74, 6) is -0.0970. The average molecular weight is 603 g/mol. The van der Waals surface area contributed by atoms with Gasteiger partial charge in [0.2, 0.25) is 0 Å². The summed E-state index contributed by atoms with van der Waals surface area (Å²) in [4.78, 5) is 48.0. The number of carbonyl (C=O) groups excluding carboxylic acids is 1. The van der Waals surface area contributed by atoms with E-state index in [0.717, 1.165) is 59.0 Å². The Morgan fingerprint density at radius 2 is 1.76 bits per heavy atom. The molecule has 220 valence electrons. The molecular weight excluding hydrogens is 567 g/mol. The van der Waals surface area contributed by atoms with E-state index in [0.29, 0.717) is 11.3 Å². The van der Waals surface area contributed by atoms with Gasteiger partial charge in [0.1, 0.15) is 5.65 Å². The molecule has 0 aliphatic carbocycles. The van der Waals surface area contributed by atoms with Gasteiger partial charge in [-0.2, -0.15) is 0 Å². The number of nitrogens with zero attached hydrogens (tertiary/aromatic N) is 3. The van der Waals surface area contributed by atoms with E-state index in [4.69, 9.17) is 19.2 Å². The van der Waals surface area contributed by atoms with E-state index in [2.05, 4.69) is 28.0 Å². The van der Waals surface area contributed by atoms with E-state index >= 15 is 0 Å². The first-order valence-electron chi connectivity index (χ1n) is 13.2. The zero-order valence-corrected chi connectivity index (χ0v) is 25.1. The minimum atomic E-state index is -4.64. The number of hydrogen-bond donors (Lipinski definition) is 4. The number of anilines is 1. The smallest absolute Gasteiger partial charge is 0.339 e. The number of nitrogens with one attached hydrogen (secondary N) is 1. The maximum absolute atomic E-state index is 14.2. The van der Waals surface area contributed by atoms with E-state index in [9.17, 15) is 13.2 Å². The molecule has 2 aromatic heterocycles. The first kappa shape index (κ1) is 30.8. The van der Waals surface area contributed by atoms with Crippen LogP contribution in [-0.2, 0) is 14.4 Å². The third kappa shape index (κ3) is 7.03. The van der Waals surface area contributed by atoms with Gasteiger partial charge in [-0.05, 0) is 88.3 Å². The summed E-state index contributed by atoms with van der Waals surface area (Å²) >= 11 is 0. The number of likely N-dealkylation sites (tertiary alicyclic amines) is 1. The van der Waals surface area contributed by atoms with Crippen LogP contribution < -0.4 is 4.90 Å². The van der Waals surface area contributed by atoms with Crippen molar-refractivity contribution >= 4 is 51.2 Å². The van der Waals surface area contributed by atoms with Crippen molar-refractivity contribution in [2.75, 3.05) is 30.8 Å². The Hall–Kier alpha value is -3.12. The molecule has 41 heavy (non-hydrogen) atoms. The molecule has 0 spiro atoms. The Morgan fingerprint density at radius 1 is 1.10 bits per heavy atom. The lowest BCUT2D eigenvalue weighted by molar-refractivity contribution is 0.0963. The number of aromatic amines is 1. The SMILES string of the molecule is CCS(=O)(=O)c1cccc(N(C(=O)c2ccc3c([nH]c4ncc(C)cc43)c2C)C2CCN(C)CC2)c1.O=P(O)(O)O. The number of carbonyl (C=O) groups is 1. The molecule has 0 bridgehead atoms. The topological polar surface area (TPSA) is 164 Å². The minimum Gasteiger partial charge on any atom is -0.339 e. The van der Waals surface area contributed by atoms with Crippen molar-refractivity contribution in [2.24, 2.45) is 0 Å². The number of hydrogen-bond acceptors (Lipinski definition) is 6. The Balaban J connectivity index is 0.000000714. The highest BCUT2D eigenvalue weighted by molar-refractivity contribution is 7.91. The van der Waals surface area contributed by atoms with Crippen molar-refractivity contribution in [3.8, 4) is 0 Å². The molecule has 13 heteroatoms. The van der Waals surface area contributed by atoms with Crippen LogP contribution in [0.2, 0.25) is 0 Å². The lowest BCUT2D eigenvalue weighted by Gasteiger charge is -2.37. The van der Waals surface area contributed by atoms with E-state index in [1.807, 2.05) is 43.1 Å². The summed E-state index contributed by atoms with van der Waals surface area (Å²) < 4.78 is 34.1. The largest absolute Gasteiger partial charge is 0.466 e. The Bertz CT molecular complexity index is 1730. The lowest BCUT2D eigenvalue weighted by Crippen LogP contribution is -2.47. The number of aromatic nitrogens is 2. The predicted octanol–water partition coefficient (Wildman–Crippen LogP) is 3.94. The first-order chi connectivity index (χ1) is 19.2. The van der Waals surface area contributed by atoms with Crippen molar-refractivity contribution in [1.82, 2.24) is 14.9 Å². The molecule has 1 fully saturated rings. The van der Waals surface area contributed by atoms with Gasteiger partial charge in [0.15, 0.2) is 9.84 Å². The van der Waals surface area contributed by atoms with Crippen LogP contribution in [0, 0.1) is 13.8 Å². The van der Waals surface area contributed by atoms with Crippen molar-refractivity contribution in [2.45, 2.75) is 44.6 Å². The summed E-state index contributed by atoms with van der Waals surface area (Å²) in [6, 6.07) is 12.8. The van der Waals surface area contributed by atoms with Gasteiger partial charge in [-0.1, -0.05) is 19.1 Å². The van der Waals surface area contributed by atoms with Crippen molar-refractivity contribution in [3.05, 3.63) is 65.4 Å². The van der Waals surface area contributed by atoms with Crippen LogP contribution in [0.4, 0.5) is 5.69 Å². The molecular formula is C28H35N4O7PS. The quantitative estimate of drug-likeness (QED) is 0.248. The fourth-order valence-electron chi connectivity index (χ4n) is 5.19. The third-order valence-corrected chi connectivity index (χ3v) is 9.09. The average Bonchev–Trinajstić information content (AvgIpc) is 3.28. The number of aryl methyl sites for hydroxylation is 2. The lowest BCUT2D eigenvalue weighted by atomic mass is 9.98. The standard InChI is InChI=1S/C28H32N4O3S.H3O4P/c1-5-36(34,35)22-8-6-7-21(16-22)32(20-11-13-31(4)14-12-20)28(33)23-9-10-24-25-15-18(2)17-29-27(25)30-26(24)19(23)3;1-5(2,3)4/h6-10,15-17,20H,5,11-14H2,1-4H3,(H,29,30);(H3,1,2,3,4). The fraction of sp³-hybridized carbons (Fsp3) is 0.357. The number of pyridine rings is 1. The monoisotopic (exact) mass is 602 g/mol. The number of piperidine rings is 1. The van der Waals surface area contributed by atoms with E-state index < -0.39 is 17.7 Å². The summed E-state index contributed by atoms with van der Waals surface area (Å²) in [6.45, 7) is 7.38. The van der Waals surface area contributed by atoms with Gasteiger partial charge < -0.3 is 29.5 Å². The minimum absolute atomic E-state index is 0.0162. The highest BCUT2D eigenvalue weighted by atomic mass is 32.2. The van der Waals surface area contributed by atoms with Gasteiger partial charge in [-0.3, -0.25) is 4.79 Å². The van der Waals surface area contributed by atoms with Crippen molar-refractivity contribution in [1.29, 1.82) is 0 Å². The molecule has 0 radical (unpaired) electrons. The molecule has 1 aliphatic rings. The molecule has 0 saturated carbocycles. The van der Waals surface area contributed by atoms with Crippen LogP contribution in [0.3, 0.4) is 0 Å². The molecule has 0 unspecified atom stereocenters. The Kier molecular flexibility index (Phi) is 9.03. The van der Waals surface area contributed by atoms with Crippen LogP contribution in [0.1, 0.15) is 41.3 Å². The molecule has 5 rings (SSSR count). The van der Waals surface area contributed by atoms with Crippen LogP contribution in [0.5, 0.6) is 0 Å². The summed E-state index contributed by atoms with van der Waals surface area (Å²) in [5, 5.41) is 2.08. The normalized spacial score (nSPS) is 15.1. The Morgan fingerprint density at radius 3 is 2.39 bits per heavy atom. The summed E-state index contributed by atoms with van der Waals surface area (Å²) in [5.41, 5.74) is 4.87. The number of rotatable bonds is 5. The molecule has 1 amide bonds. The highest BCUT2D eigenvalue weighted by Gasteiger charge is 2.31. The second kappa shape index (κ2) is 12.0. The summed E-state index contributed by atoms with van der Waals surface area (Å²) in [6.07, 6.45) is 3.48. The van der Waals surface area contributed by atoms with Crippen LogP contribution in [-0.4, -0.2) is 75.8 Å². The van der Waals surface area contributed by atoms with Gasteiger partial charge in [0.05, 0.1) is 16.2 Å². The van der Waals surface area contributed by atoms with E-state index in [-0.39, 0.29) is 22.6 Å². The molecule has 3 heterocycles. The number of H-pyrrole nitrogens is 1. The van der Waals surface area contributed by atoms with Crippen LogP contribution in [0.25, 0.3) is 21.9 Å². The fourth-order valence-corrected chi connectivity index (χ4v) is 6.11. The molecule has 2 aromatic carbocycles. The molecule has 4 N–H and O–H groups in total. The molecule has 1 saturated heterocycles. The van der Waals surface area contributed by atoms with Crippen molar-refractivity contribution < 1.29 is 32.5 Å². The van der Waals surface area contributed by atoms with Crippen LogP contribution in [0.15, 0.2) is 53.6 Å². The molecule has 11 nitrogen and oxygen atoms in total. The predicted molar refractivity (Wildman–Crippen MR) is 159 cm³/mol. The summed E-state index contributed by atoms with van der Waals surface area (Å²) in [7, 11) is -5.95.